The molecule has 0 radical (unpaired) electrons. The van der Waals surface area contributed by atoms with E-state index in [0.717, 1.165) is 37.0 Å². The number of likely N-dealkylation sites (tertiary alicyclic amines) is 1. The summed E-state index contributed by atoms with van der Waals surface area (Å²) in [6, 6.07) is 14.3. The molecule has 0 saturated carbocycles. The molecule has 1 atom stereocenters. The molecule has 1 aliphatic heterocycles. The Morgan fingerprint density at radius 3 is 2.36 bits per heavy atom. The van der Waals surface area contributed by atoms with Crippen LogP contribution in [0.1, 0.15) is 34.7 Å². The number of alkyl halides is 3. The first-order valence-corrected chi connectivity index (χ1v) is 10.5. The van der Waals surface area contributed by atoms with Gasteiger partial charge in [0.15, 0.2) is 0 Å². The van der Waals surface area contributed by atoms with Gasteiger partial charge in [0.1, 0.15) is 5.52 Å². The second-order valence-electron chi connectivity index (χ2n) is 7.79. The molecule has 4 rings (SSSR count). The first kappa shape index (κ1) is 24.2. The van der Waals surface area contributed by atoms with E-state index in [4.69, 9.17) is 15.6 Å². The number of nitrogens with two attached hydrogens (primary N) is 1. The highest BCUT2D eigenvalue weighted by atomic mass is 19.4. The highest BCUT2D eigenvalue weighted by molar-refractivity contribution is 6.05. The summed E-state index contributed by atoms with van der Waals surface area (Å²) in [4.78, 5) is 31.3. The van der Waals surface area contributed by atoms with E-state index in [0.29, 0.717) is 23.9 Å². The molecule has 4 N–H and O–H groups in total. The average Bonchev–Trinajstić information content (AvgIpc) is 3.24. The van der Waals surface area contributed by atoms with Crippen molar-refractivity contribution in [1.82, 2.24) is 14.9 Å². The quantitative estimate of drug-likeness (QED) is 0.546. The Labute approximate surface area is 188 Å². The number of nitrogens with one attached hydrogen (secondary N) is 1. The van der Waals surface area contributed by atoms with Crippen molar-refractivity contribution >= 4 is 22.9 Å². The molecular formula is C23H25F3N4O3. The van der Waals surface area contributed by atoms with E-state index >= 15 is 0 Å². The van der Waals surface area contributed by atoms with Crippen LogP contribution in [0.2, 0.25) is 0 Å². The number of carbonyl (C=O) groups excluding carboxylic acids is 1. The van der Waals surface area contributed by atoms with Crippen LogP contribution < -0.4 is 5.73 Å². The molecule has 176 valence electrons. The number of halogens is 3. The smallest absolute Gasteiger partial charge is 0.475 e. The van der Waals surface area contributed by atoms with Crippen molar-refractivity contribution in [3.05, 3.63) is 66.0 Å². The van der Waals surface area contributed by atoms with Crippen LogP contribution in [-0.4, -0.2) is 57.7 Å². The predicted octanol–water partition coefficient (Wildman–Crippen LogP) is 3.79. The number of H-pyrrole nitrogens is 1. The zero-order chi connectivity index (χ0) is 24.0. The van der Waals surface area contributed by atoms with Crippen LogP contribution in [0.25, 0.3) is 11.0 Å². The van der Waals surface area contributed by atoms with Gasteiger partial charge in [-0.3, -0.25) is 9.78 Å². The standard InChI is InChI=1S/C21H24N4O.C2HF3O2/c22-13-17(15-5-2-1-3-6-15)16-8-11-25(12-9-16)21(26)18-14-24-19-7-4-10-23-20(18)19;3-2(4,5)1(6)7/h1-7,10,14,16-17,24H,8-9,11-13,22H2;(H,6,7). The van der Waals surface area contributed by atoms with Gasteiger partial charge in [0, 0.05) is 25.5 Å². The van der Waals surface area contributed by atoms with E-state index in [1.807, 2.05) is 23.1 Å². The molecular weight excluding hydrogens is 437 g/mol. The van der Waals surface area contributed by atoms with E-state index in [1.54, 1.807) is 12.4 Å². The van der Waals surface area contributed by atoms with E-state index in [-0.39, 0.29) is 5.91 Å². The van der Waals surface area contributed by atoms with Crippen molar-refractivity contribution in [2.24, 2.45) is 11.7 Å². The lowest BCUT2D eigenvalue weighted by Crippen LogP contribution is -2.40. The number of benzene rings is 1. The summed E-state index contributed by atoms with van der Waals surface area (Å²) in [6.45, 7) is 2.19. The fourth-order valence-corrected chi connectivity index (χ4v) is 4.09. The molecule has 1 fully saturated rings. The SMILES string of the molecule is NCC(c1ccccc1)C1CCN(C(=O)c2c[nH]c3cccnc23)CC1.O=C(O)C(F)(F)F. The molecule has 1 aliphatic rings. The number of aromatic amines is 1. The molecule has 1 aromatic carbocycles. The number of aliphatic carboxylic acids is 1. The molecule has 1 unspecified atom stereocenters. The number of hydrogen-bond donors (Lipinski definition) is 3. The monoisotopic (exact) mass is 462 g/mol. The normalized spacial score (nSPS) is 15.6. The minimum atomic E-state index is -5.08. The molecule has 1 saturated heterocycles. The first-order valence-electron chi connectivity index (χ1n) is 10.5. The first-order chi connectivity index (χ1) is 15.7. The van der Waals surface area contributed by atoms with Gasteiger partial charge in [0.2, 0.25) is 0 Å². The van der Waals surface area contributed by atoms with E-state index in [9.17, 15) is 18.0 Å². The summed E-state index contributed by atoms with van der Waals surface area (Å²) in [5.41, 5.74) is 9.70. The van der Waals surface area contributed by atoms with Gasteiger partial charge >= 0.3 is 12.1 Å². The lowest BCUT2D eigenvalue weighted by molar-refractivity contribution is -0.192. The second-order valence-corrected chi connectivity index (χ2v) is 7.79. The zero-order valence-corrected chi connectivity index (χ0v) is 17.8. The largest absolute Gasteiger partial charge is 0.490 e. The van der Waals surface area contributed by atoms with Crippen molar-refractivity contribution in [3.63, 3.8) is 0 Å². The highest BCUT2D eigenvalue weighted by Gasteiger charge is 2.38. The average molecular weight is 462 g/mol. The maximum absolute atomic E-state index is 12.9. The second kappa shape index (κ2) is 10.5. The van der Waals surface area contributed by atoms with Crippen molar-refractivity contribution in [1.29, 1.82) is 0 Å². The van der Waals surface area contributed by atoms with E-state index < -0.39 is 12.1 Å². The van der Waals surface area contributed by atoms with Crippen molar-refractivity contribution in [3.8, 4) is 0 Å². The molecule has 3 aromatic rings. The molecule has 2 aromatic heterocycles. The number of nitrogens with zero attached hydrogens (tertiary/aromatic N) is 2. The van der Waals surface area contributed by atoms with Gasteiger partial charge in [-0.1, -0.05) is 30.3 Å². The Kier molecular flexibility index (Phi) is 7.70. The summed E-state index contributed by atoms with van der Waals surface area (Å²) < 4.78 is 31.7. The maximum Gasteiger partial charge on any atom is 0.490 e. The fourth-order valence-electron chi connectivity index (χ4n) is 4.09. The van der Waals surface area contributed by atoms with Crippen LogP contribution in [-0.2, 0) is 4.79 Å². The number of amides is 1. The fraction of sp³-hybridized carbons (Fsp3) is 0.348. The minimum Gasteiger partial charge on any atom is -0.475 e. The third kappa shape index (κ3) is 5.89. The molecule has 7 nitrogen and oxygen atoms in total. The minimum absolute atomic E-state index is 0.0670. The summed E-state index contributed by atoms with van der Waals surface area (Å²) in [6.07, 6.45) is 0.389. The number of carboxylic acids is 1. The summed E-state index contributed by atoms with van der Waals surface area (Å²) in [7, 11) is 0. The highest BCUT2D eigenvalue weighted by Crippen LogP contribution is 2.32. The Bertz CT molecular complexity index is 1080. The molecule has 33 heavy (non-hydrogen) atoms. The zero-order valence-electron chi connectivity index (χ0n) is 17.8. The van der Waals surface area contributed by atoms with Gasteiger partial charge in [0.05, 0.1) is 11.1 Å². The number of aromatic nitrogens is 2. The maximum atomic E-state index is 12.9. The van der Waals surface area contributed by atoms with Crippen LogP contribution in [0.3, 0.4) is 0 Å². The summed E-state index contributed by atoms with van der Waals surface area (Å²) in [5.74, 6) is -1.80. The van der Waals surface area contributed by atoms with E-state index in [1.165, 1.54) is 5.56 Å². The third-order valence-corrected chi connectivity index (χ3v) is 5.79. The summed E-state index contributed by atoms with van der Waals surface area (Å²) in [5, 5.41) is 7.12. The lowest BCUT2D eigenvalue weighted by atomic mass is 9.80. The topological polar surface area (TPSA) is 112 Å². The molecule has 10 heteroatoms. The Balaban J connectivity index is 0.000000383. The van der Waals surface area contributed by atoms with Crippen molar-refractivity contribution < 1.29 is 27.9 Å². The number of pyridine rings is 1. The Morgan fingerprint density at radius 1 is 1.15 bits per heavy atom. The molecule has 0 spiro atoms. The van der Waals surface area contributed by atoms with Gasteiger partial charge < -0.3 is 20.7 Å². The van der Waals surface area contributed by atoms with Crippen LogP contribution in [0.5, 0.6) is 0 Å². The molecule has 0 aliphatic carbocycles. The Hall–Kier alpha value is -3.40. The van der Waals surface area contributed by atoms with Crippen LogP contribution in [0.15, 0.2) is 54.9 Å². The summed E-state index contributed by atoms with van der Waals surface area (Å²) >= 11 is 0. The van der Waals surface area contributed by atoms with Crippen molar-refractivity contribution in [2.45, 2.75) is 24.9 Å². The van der Waals surface area contributed by atoms with Gasteiger partial charge in [-0.2, -0.15) is 13.2 Å². The van der Waals surface area contributed by atoms with Crippen LogP contribution in [0, 0.1) is 5.92 Å². The lowest BCUT2D eigenvalue weighted by Gasteiger charge is -2.36. The predicted molar refractivity (Wildman–Crippen MR) is 117 cm³/mol. The Morgan fingerprint density at radius 2 is 1.79 bits per heavy atom. The number of carbonyl (C=O) groups is 2. The number of piperidine rings is 1. The molecule has 3 heterocycles. The van der Waals surface area contributed by atoms with E-state index in [2.05, 4.69) is 34.2 Å². The molecule has 1 amide bonds. The van der Waals surface area contributed by atoms with Gasteiger partial charge in [-0.25, -0.2) is 4.79 Å². The number of carboxylic acid groups (broad SMARTS) is 1. The van der Waals surface area contributed by atoms with Gasteiger partial charge in [0.25, 0.3) is 5.91 Å². The van der Waals surface area contributed by atoms with Gasteiger partial charge in [-0.15, -0.1) is 0 Å². The van der Waals surface area contributed by atoms with Gasteiger partial charge in [-0.05, 0) is 48.9 Å². The number of rotatable bonds is 4. The number of fused-ring (bicyclic) bond motifs is 1. The van der Waals surface area contributed by atoms with Crippen LogP contribution >= 0.6 is 0 Å². The molecule has 0 bridgehead atoms. The third-order valence-electron chi connectivity index (χ3n) is 5.79. The van der Waals surface area contributed by atoms with Crippen LogP contribution in [0.4, 0.5) is 13.2 Å². The number of hydrogen-bond acceptors (Lipinski definition) is 4. The van der Waals surface area contributed by atoms with Crippen molar-refractivity contribution in [2.75, 3.05) is 19.6 Å².